The summed E-state index contributed by atoms with van der Waals surface area (Å²) in [7, 11) is 1.59. The maximum Gasteiger partial charge on any atom is 0.312 e. The third-order valence-corrected chi connectivity index (χ3v) is 3.72. The number of methoxy groups -OCH3 is 1. The standard InChI is InChI=1S/C13H19NO3S/c1-4-8-5-12(18-3)9(6-11(8)17-2)10(7-14)13(15)16/h5-6,10H,4,7,14H2,1-3H3,(H,15,16). The molecule has 18 heavy (non-hydrogen) atoms. The predicted octanol–water partition coefficient (Wildman–Crippen LogP) is 2.11. The minimum absolute atomic E-state index is 0.0809. The van der Waals surface area contributed by atoms with E-state index in [1.807, 2.05) is 19.2 Å². The summed E-state index contributed by atoms with van der Waals surface area (Å²) in [5.41, 5.74) is 7.36. The molecule has 0 aliphatic rings. The lowest BCUT2D eigenvalue weighted by Gasteiger charge is -2.17. The summed E-state index contributed by atoms with van der Waals surface area (Å²) in [5.74, 6) is -0.864. The molecular formula is C13H19NO3S. The van der Waals surface area contributed by atoms with Gasteiger partial charge in [-0.1, -0.05) is 6.92 Å². The summed E-state index contributed by atoms with van der Waals surface area (Å²) in [6.45, 7) is 2.12. The van der Waals surface area contributed by atoms with Gasteiger partial charge in [0, 0.05) is 11.4 Å². The minimum atomic E-state index is -0.904. The summed E-state index contributed by atoms with van der Waals surface area (Å²) in [4.78, 5) is 12.2. The van der Waals surface area contributed by atoms with Gasteiger partial charge in [-0.2, -0.15) is 0 Å². The van der Waals surface area contributed by atoms with Gasteiger partial charge in [0.1, 0.15) is 5.75 Å². The molecule has 100 valence electrons. The van der Waals surface area contributed by atoms with Gasteiger partial charge in [-0.3, -0.25) is 4.79 Å². The highest BCUT2D eigenvalue weighted by Gasteiger charge is 2.22. The van der Waals surface area contributed by atoms with Crippen molar-refractivity contribution in [3.8, 4) is 5.75 Å². The van der Waals surface area contributed by atoms with Crippen LogP contribution in [0.5, 0.6) is 5.75 Å². The normalized spacial score (nSPS) is 12.2. The van der Waals surface area contributed by atoms with E-state index in [0.717, 1.165) is 28.2 Å². The third-order valence-electron chi connectivity index (χ3n) is 2.92. The number of thioether (sulfide) groups is 1. The number of carbonyl (C=O) groups is 1. The van der Waals surface area contributed by atoms with E-state index in [9.17, 15) is 9.90 Å². The zero-order valence-electron chi connectivity index (χ0n) is 10.9. The number of aliphatic carboxylic acids is 1. The van der Waals surface area contributed by atoms with Crippen molar-refractivity contribution in [2.24, 2.45) is 5.73 Å². The average Bonchev–Trinajstić information content (AvgIpc) is 2.38. The molecule has 4 nitrogen and oxygen atoms in total. The van der Waals surface area contributed by atoms with Gasteiger partial charge in [0.2, 0.25) is 0 Å². The van der Waals surface area contributed by atoms with Crippen molar-refractivity contribution >= 4 is 17.7 Å². The lowest BCUT2D eigenvalue weighted by Crippen LogP contribution is -2.22. The number of carboxylic acid groups (broad SMARTS) is 1. The third kappa shape index (κ3) is 2.97. The van der Waals surface area contributed by atoms with Crippen molar-refractivity contribution in [3.05, 3.63) is 23.3 Å². The Labute approximate surface area is 112 Å². The molecule has 1 unspecified atom stereocenters. The maximum atomic E-state index is 11.2. The molecule has 0 heterocycles. The molecule has 0 saturated heterocycles. The highest BCUT2D eigenvalue weighted by molar-refractivity contribution is 7.98. The molecule has 0 fully saturated rings. The second-order valence-electron chi connectivity index (χ2n) is 3.89. The van der Waals surface area contributed by atoms with E-state index in [4.69, 9.17) is 10.5 Å². The number of aryl methyl sites for hydroxylation is 1. The monoisotopic (exact) mass is 269 g/mol. The van der Waals surface area contributed by atoms with E-state index < -0.39 is 11.9 Å². The molecule has 1 aromatic rings. The van der Waals surface area contributed by atoms with Gasteiger partial charge in [-0.25, -0.2) is 0 Å². The highest BCUT2D eigenvalue weighted by atomic mass is 32.2. The minimum Gasteiger partial charge on any atom is -0.496 e. The fourth-order valence-corrected chi connectivity index (χ4v) is 2.59. The molecule has 0 aliphatic carbocycles. The van der Waals surface area contributed by atoms with Crippen LogP contribution < -0.4 is 10.5 Å². The fourth-order valence-electron chi connectivity index (χ4n) is 1.89. The van der Waals surface area contributed by atoms with Crippen LogP contribution in [0.1, 0.15) is 24.0 Å². The number of nitrogens with two attached hydrogens (primary N) is 1. The molecule has 1 rings (SSSR count). The first-order valence-corrected chi connectivity index (χ1v) is 6.99. The van der Waals surface area contributed by atoms with Crippen LogP contribution in [-0.4, -0.2) is 31.0 Å². The summed E-state index contributed by atoms with van der Waals surface area (Å²) in [6, 6.07) is 3.79. The van der Waals surface area contributed by atoms with Gasteiger partial charge in [0.05, 0.1) is 13.0 Å². The molecule has 0 spiro atoms. The lowest BCUT2D eigenvalue weighted by molar-refractivity contribution is -0.138. The summed E-state index contributed by atoms with van der Waals surface area (Å²) >= 11 is 1.53. The van der Waals surface area contributed by atoms with Gasteiger partial charge < -0.3 is 15.6 Å². The molecule has 5 heteroatoms. The van der Waals surface area contributed by atoms with E-state index in [2.05, 4.69) is 0 Å². The number of carboxylic acids is 1. The predicted molar refractivity (Wildman–Crippen MR) is 73.6 cm³/mol. The second kappa shape index (κ2) is 6.66. The number of benzene rings is 1. The van der Waals surface area contributed by atoms with Crippen molar-refractivity contribution in [1.29, 1.82) is 0 Å². The Hall–Kier alpha value is -1.20. The van der Waals surface area contributed by atoms with E-state index in [1.165, 1.54) is 11.8 Å². The quantitative estimate of drug-likeness (QED) is 0.774. The van der Waals surface area contributed by atoms with Gasteiger partial charge >= 0.3 is 5.97 Å². The summed E-state index contributed by atoms with van der Waals surface area (Å²) in [5, 5.41) is 9.21. The van der Waals surface area contributed by atoms with E-state index in [1.54, 1.807) is 13.2 Å². The molecule has 0 aliphatic heterocycles. The van der Waals surface area contributed by atoms with E-state index >= 15 is 0 Å². The van der Waals surface area contributed by atoms with Gasteiger partial charge in [0.15, 0.2) is 0 Å². The summed E-state index contributed by atoms with van der Waals surface area (Å²) in [6.07, 6.45) is 2.78. The number of hydrogen-bond acceptors (Lipinski definition) is 4. The van der Waals surface area contributed by atoms with Gasteiger partial charge in [0.25, 0.3) is 0 Å². The first-order valence-electron chi connectivity index (χ1n) is 5.76. The topological polar surface area (TPSA) is 72.6 Å². The lowest BCUT2D eigenvalue weighted by atomic mass is 9.96. The molecule has 0 aromatic heterocycles. The molecule has 0 amide bonds. The van der Waals surface area contributed by atoms with Crippen molar-refractivity contribution < 1.29 is 14.6 Å². The Bertz CT molecular complexity index is 434. The van der Waals surface area contributed by atoms with E-state index in [-0.39, 0.29) is 6.54 Å². The Balaban J connectivity index is 3.36. The zero-order valence-corrected chi connectivity index (χ0v) is 11.7. The SMILES string of the molecule is CCc1cc(SC)c(C(CN)C(=O)O)cc1OC. The summed E-state index contributed by atoms with van der Waals surface area (Å²) < 4.78 is 5.31. The van der Waals surface area contributed by atoms with E-state index in [0.29, 0.717) is 0 Å². The Morgan fingerprint density at radius 1 is 1.56 bits per heavy atom. The molecule has 0 bridgehead atoms. The number of rotatable bonds is 6. The number of ether oxygens (including phenoxy) is 1. The van der Waals surface area contributed by atoms with Crippen molar-refractivity contribution in [2.75, 3.05) is 19.9 Å². The van der Waals surface area contributed by atoms with Crippen LogP contribution in [0.15, 0.2) is 17.0 Å². The second-order valence-corrected chi connectivity index (χ2v) is 4.73. The Morgan fingerprint density at radius 2 is 2.22 bits per heavy atom. The first kappa shape index (κ1) is 14.9. The number of hydrogen-bond donors (Lipinski definition) is 2. The average molecular weight is 269 g/mol. The van der Waals surface area contributed by atoms with Crippen LogP contribution >= 0.6 is 11.8 Å². The first-order chi connectivity index (χ1) is 8.58. The van der Waals surface area contributed by atoms with Gasteiger partial charge in [-0.05, 0) is 35.9 Å². The largest absolute Gasteiger partial charge is 0.496 e. The Morgan fingerprint density at radius 3 is 2.61 bits per heavy atom. The van der Waals surface area contributed by atoms with Crippen LogP contribution in [0.2, 0.25) is 0 Å². The van der Waals surface area contributed by atoms with Crippen LogP contribution in [0.25, 0.3) is 0 Å². The van der Waals surface area contributed by atoms with Crippen molar-refractivity contribution in [1.82, 2.24) is 0 Å². The molecular weight excluding hydrogens is 250 g/mol. The van der Waals surface area contributed by atoms with Crippen LogP contribution in [0, 0.1) is 0 Å². The van der Waals surface area contributed by atoms with Crippen LogP contribution in [0.4, 0.5) is 0 Å². The zero-order chi connectivity index (χ0) is 13.7. The van der Waals surface area contributed by atoms with Crippen LogP contribution in [0.3, 0.4) is 0 Å². The smallest absolute Gasteiger partial charge is 0.312 e. The Kier molecular flexibility index (Phi) is 5.50. The molecule has 1 atom stereocenters. The molecule has 1 aromatic carbocycles. The van der Waals surface area contributed by atoms with Crippen molar-refractivity contribution in [3.63, 3.8) is 0 Å². The van der Waals surface area contributed by atoms with Crippen molar-refractivity contribution in [2.45, 2.75) is 24.2 Å². The van der Waals surface area contributed by atoms with Crippen LogP contribution in [-0.2, 0) is 11.2 Å². The maximum absolute atomic E-state index is 11.2. The fraction of sp³-hybridized carbons (Fsp3) is 0.462. The van der Waals surface area contributed by atoms with Gasteiger partial charge in [-0.15, -0.1) is 11.8 Å². The molecule has 0 radical (unpaired) electrons. The molecule has 0 saturated carbocycles. The highest BCUT2D eigenvalue weighted by Crippen LogP contribution is 2.33. The molecule has 3 N–H and O–H groups in total.